The monoisotopic (exact) mass is 437 g/mol. The third-order valence-electron chi connectivity index (χ3n) is 4.81. The Bertz CT molecular complexity index is 996. The van der Waals surface area contributed by atoms with Crippen molar-refractivity contribution in [1.82, 2.24) is 4.90 Å². The molecule has 2 aliphatic heterocycles. The molecule has 0 bridgehead atoms. The summed E-state index contributed by atoms with van der Waals surface area (Å²) in [5, 5.41) is 9.15. The second-order valence-corrected chi connectivity index (χ2v) is 7.24. The van der Waals surface area contributed by atoms with E-state index in [9.17, 15) is 18.0 Å². The molecular weight excluding hydrogens is 427 g/mol. The maximum Gasteiger partial charge on any atom is 0.387 e. The number of Topliss-reactive ketones (excluding diaryl/α,β-unsaturated/α-hetero) is 1. The SMILES string of the molecule is N#CC1=CN2C[C@@]3(CCC(=O)c4c3ccc(Br)c4F)N=C2C(OC(F)F)=C1. The van der Waals surface area contributed by atoms with E-state index in [0.717, 1.165) is 0 Å². The van der Waals surface area contributed by atoms with Gasteiger partial charge in [0.25, 0.3) is 0 Å². The molecule has 138 valence electrons. The number of nitrogens with zero attached hydrogens (tertiary/aromatic N) is 3. The van der Waals surface area contributed by atoms with Gasteiger partial charge in [-0.2, -0.15) is 14.0 Å². The topological polar surface area (TPSA) is 65.7 Å². The number of allylic oxidation sites excluding steroid dienone is 2. The fourth-order valence-electron chi connectivity index (χ4n) is 3.69. The highest BCUT2D eigenvalue weighted by molar-refractivity contribution is 9.10. The molecule has 4 rings (SSSR count). The van der Waals surface area contributed by atoms with E-state index < -0.39 is 18.0 Å². The summed E-state index contributed by atoms with van der Waals surface area (Å²) >= 11 is 3.08. The van der Waals surface area contributed by atoms with Crippen molar-refractivity contribution < 1.29 is 22.7 Å². The number of amidine groups is 1. The number of halogens is 4. The second-order valence-electron chi connectivity index (χ2n) is 6.39. The van der Waals surface area contributed by atoms with Crippen LogP contribution in [0.2, 0.25) is 0 Å². The van der Waals surface area contributed by atoms with Crippen LogP contribution >= 0.6 is 15.9 Å². The number of rotatable bonds is 2. The Labute approximate surface area is 160 Å². The normalized spacial score (nSPS) is 23.5. The van der Waals surface area contributed by atoms with Gasteiger partial charge >= 0.3 is 6.61 Å². The van der Waals surface area contributed by atoms with Gasteiger partial charge in [0.05, 0.1) is 22.2 Å². The Balaban J connectivity index is 1.86. The summed E-state index contributed by atoms with van der Waals surface area (Å²) in [6.07, 6.45) is 3.06. The summed E-state index contributed by atoms with van der Waals surface area (Å²) < 4.78 is 44.9. The van der Waals surface area contributed by atoms with Gasteiger partial charge in [-0.3, -0.25) is 9.79 Å². The van der Waals surface area contributed by atoms with E-state index in [1.165, 1.54) is 23.2 Å². The average Bonchev–Trinajstić information content (AvgIpc) is 3.00. The number of ether oxygens (including phenoxy) is 1. The van der Waals surface area contributed by atoms with Crippen LogP contribution in [0.25, 0.3) is 0 Å². The van der Waals surface area contributed by atoms with E-state index in [-0.39, 0.29) is 46.0 Å². The third-order valence-corrected chi connectivity index (χ3v) is 5.42. The molecule has 1 aliphatic carbocycles. The standard InChI is InChI=1S/C18H11BrF3N3O2/c19-11-2-1-10-14(15(11)20)12(26)3-4-18(10)8-25-7-9(6-23)5-13(16(25)24-18)27-17(21)22/h1-2,5,7,17H,3-4,8H2/t18-/m1/s1. The maximum atomic E-state index is 14.6. The molecular formula is C18H11BrF3N3O2. The Kier molecular flexibility index (Phi) is 4.11. The zero-order chi connectivity index (χ0) is 19.3. The molecule has 0 radical (unpaired) electrons. The molecule has 1 spiro atoms. The predicted molar refractivity (Wildman–Crippen MR) is 92.4 cm³/mol. The van der Waals surface area contributed by atoms with E-state index in [1.807, 2.05) is 6.07 Å². The summed E-state index contributed by atoms with van der Waals surface area (Å²) in [7, 11) is 0. The highest BCUT2D eigenvalue weighted by Gasteiger charge is 2.48. The highest BCUT2D eigenvalue weighted by atomic mass is 79.9. The summed E-state index contributed by atoms with van der Waals surface area (Å²) in [6, 6.07) is 5.01. The van der Waals surface area contributed by atoms with Crippen LogP contribution in [0.15, 0.2) is 45.2 Å². The van der Waals surface area contributed by atoms with Crippen LogP contribution in [0.5, 0.6) is 0 Å². The van der Waals surface area contributed by atoms with Gasteiger partial charge in [-0.05, 0) is 34.0 Å². The molecule has 0 amide bonds. The maximum absolute atomic E-state index is 14.6. The molecule has 0 saturated heterocycles. The van der Waals surface area contributed by atoms with Gasteiger partial charge in [-0.1, -0.05) is 6.07 Å². The molecule has 1 aromatic rings. The molecule has 1 aromatic carbocycles. The zero-order valence-corrected chi connectivity index (χ0v) is 15.3. The minimum Gasteiger partial charge on any atom is -0.431 e. The first kappa shape index (κ1) is 17.8. The molecule has 0 aromatic heterocycles. The highest BCUT2D eigenvalue weighted by Crippen LogP contribution is 2.45. The number of ketones is 1. The van der Waals surface area contributed by atoms with E-state index in [2.05, 4.69) is 25.7 Å². The van der Waals surface area contributed by atoms with E-state index in [4.69, 9.17) is 5.26 Å². The molecule has 0 N–H and O–H groups in total. The number of carbonyl (C=O) groups excluding carboxylic acids is 1. The fraction of sp³-hybridized carbons (Fsp3) is 0.278. The van der Waals surface area contributed by atoms with Gasteiger partial charge < -0.3 is 9.64 Å². The van der Waals surface area contributed by atoms with Crippen LogP contribution < -0.4 is 0 Å². The van der Waals surface area contributed by atoms with Crippen molar-refractivity contribution in [1.29, 1.82) is 5.26 Å². The molecule has 0 fully saturated rings. The lowest BCUT2D eigenvalue weighted by atomic mass is 9.76. The number of fused-ring (bicyclic) bond motifs is 3. The van der Waals surface area contributed by atoms with E-state index in [1.54, 1.807) is 6.07 Å². The van der Waals surface area contributed by atoms with Gasteiger partial charge in [0, 0.05) is 18.7 Å². The molecule has 1 atom stereocenters. The van der Waals surface area contributed by atoms with Gasteiger partial charge in [-0.25, -0.2) is 4.39 Å². The first-order valence-electron chi connectivity index (χ1n) is 8.01. The Hall–Kier alpha value is -2.60. The Morgan fingerprint density at radius 1 is 1.41 bits per heavy atom. The van der Waals surface area contributed by atoms with Crippen molar-refractivity contribution in [2.24, 2.45) is 4.99 Å². The lowest BCUT2D eigenvalue weighted by Gasteiger charge is -2.33. The zero-order valence-electron chi connectivity index (χ0n) is 13.7. The molecule has 3 aliphatic rings. The number of aliphatic imine (C=N–C) groups is 1. The first-order chi connectivity index (χ1) is 12.8. The fourth-order valence-corrected chi connectivity index (χ4v) is 4.02. The van der Waals surface area contributed by atoms with Crippen LogP contribution in [0, 0.1) is 17.1 Å². The molecule has 27 heavy (non-hydrogen) atoms. The summed E-state index contributed by atoms with van der Waals surface area (Å²) in [5.74, 6) is -1.07. The largest absolute Gasteiger partial charge is 0.431 e. The number of hydrogen-bond acceptors (Lipinski definition) is 5. The average molecular weight is 438 g/mol. The van der Waals surface area contributed by atoms with Crippen LogP contribution in [-0.2, 0) is 10.3 Å². The van der Waals surface area contributed by atoms with Crippen molar-refractivity contribution in [3.05, 3.63) is 57.2 Å². The predicted octanol–water partition coefficient (Wildman–Crippen LogP) is 4.02. The number of benzene rings is 1. The van der Waals surface area contributed by atoms with Gasteiger partial charge in [0.15, 0.2) is 17.4 Å². The van der Waals surface area contributed by atoms with Crippen LogP contribution in [-0.4, -0.2) is 29.7 Å². The van der Waals surface area contributed by atoms with Gasteiger partial charge in [-0.15, -0.1) is 0 Å². The molecule has 0 saturated carbocycles. The third kappa shape index (κ3) is 2.75. The van der Waals surface area contributed by atoms with Crippen LogP contribution in [0.3, 0.4) is 0 Å². The Morgan fingerprint density at radius 3 is 2.89 bits per heavy atom. The minimum atomic E-state index is -3.08. The summed E-state index contributed by atoms with van der Waals surface area (Å²) in [5.41, 5.74) is -0.475. The lowest BCUT2D eigenvalue weighted by molar-refractivity contribution is -0.0906. The second kappa shape index (κ2) is 6.23. The van der Waals surface area contributed by atoms with E-state index in [0.29, 0.717) is 12.0 Å². The summed E-state index contributed by atoms with van der Waals surface area (Å²) in [6.45, 7) is -2.89. The van der Waals surface area contributed by atoms with Crippen molar-refractivity contribution >= 4 is 27.5 Å². The lowest BCUT2D eigenvalue weighted by Crippen LogP contribution is -2.37. The molecule has 5 nitrogen and oxygen atoms in total. The quantitative estimate of drug-likeness (QED) is 0.700. The summed E-state index contributed by atoms with van der Waals surface area (Å²) in [4.78, 5) is 18.4. The van der Waals surface area contributed by atoms with Crippen molar-refractivity contribution in [3.8, 4) is 6.07 Å². The first-order valence-corrected chi connectivity index (χ1v) is 8.81. The smallest absolute Gasteiger partial charge is 0.387 e. The minimum absolute atomic E-state index is 0.0374. The van der Waals surface area contributed by atoms with E-state index >= 15 is 0 Å². The number of carbonyl (C=O) groups is 1. The van der Waals surface area contributed by atoms with Crippen LogP contribution in [0.1, 0.15) is 28.8 Å². The molecule has 2 heterocycles. The van der Waals surface area contributed by atoms with Gasteiger partial charge in [0.1, 0.15) is 17.4 Å². The number of nitriles is 1. The Morgan fingerprint density at radius 2 is 2.19 bits per heavy atom. The van der Waals surface area contributed by atoms with Gasteiger partial charge in [0.2, 0.25) is 0 Å². The number of alkyl halides is 2. The number of hydrogen-bond donors (Lipinski definition) is 0. The van der Waals surface area contributed by atoms with Crippen LogP contribution in [0.4, 0.5) is 13.2 Å². The van der Waals surface area contributed by atoms with Crippen molar-refractivity contribution in [2.75, 3.05) is 6.54 Å². The molecule has 0 unspecified atom stereocenters. The van der Waals surface area contributed by atoms with Crippen molar-refractivity contribution in [2.45, 2.75) is 25.0 Å². The molecule has 9 heteroatoms. The van der Waals surface area contributed by atoms with Crippen molar-refractivity contribution in [3.63, 3.8) is 0 Å².